The summed E-state index contributed by atoms with van der Waals surface area (Å²) in [5.41, 5.74) is 3.20. The molecule has 0 spiro atoms. The number of hydrogen-bond acceptors (Lipinski definition) is 5. The molecular weight excluding hydrogens is 264 g/mol. The second-order valence-electron chi connectivity index (χ2n) is 4.93. The Morgan fingerprint density at radius 1 is 1.00 bits per heavy atom. The Labute approximate surface area is 125 Å². The summed E-state index contributed by atoms with van der Waals surface area (Å²) in [5.74, 6) is 1.58. The van der Waals surface area contributed by atoms with E-state index in [2.05, 4.69) is 32.7 Å². The van der Waals surface area contributed by atoms with Crippen LogP contribution in [0.1, 0.15) is 17.0 Å². The molecule has 1 heterocycles. The highest BCUT2D eigenvalue weighted by Gasteiger charge is 1.98. The Bertz CT molecular complexity index is 549. The SMILES string of the molecule is COc1ccc(CNCCNc2nc(C)cc(C)n2)cc1. The summed E-state index contributed by atoms with van der Waals surface area (Å²) in [6, 6.07) is 10.0. The molecule has 0 saturated heterocycles. The van der Waals surface area contributed by atoms with Crippen molar-refractivity contribution in [3.63, 3.8) is 0 Å². The number of aryl methyl sites for hydroxylation is 2. The maximum absolute atomic E-state index is 5.14. The van der Waals surface area contributed by atoms with Gasteiger partial charge in [0, 0.05) is 31.0 Å². The molecule has 0 fully saturated rings. The van der Waals surface area contributed by atoms with Crippen molar-refractivity contribution in [2.45, 2.75) is 20.4 Å². The minimum Gasteiger partial charge on any atom is -0.497 e. The first-order chi connectivity index (χ1) is 10.2. The van der Waals surface area contributed by atoms with Crippen LogP contribution in [0.25, 0.3) is 0 Å². The largest absolute Gasteiger partial charge is 0.497 e. The average molecular weight is 286 g/mol. The maximum Gasteiger partial charge on any atom is 0.223 e. The first kappa shape index (κ1) is 15.3. The van der Waals surface area contributed by atoms with Crippen molar-refractivity contribution in [2.75, 3.05) is 25.5 Å². The van der Waals surface area contributed by atoms with Crippen molar-refractivity contribution < 1.29 is 4.74 Å². The zero-order valence-corrected chi connectivity index (χ0v) is 12.8. The lowest BCUT2D eigenvalue weighted by molar-refractivity contribution is 0.414. The maximum atomic E-state index is 5.14. The third-order valence-electron chi connectivity index (χ3n) is 3.06. The number of anilines is 1. The van der Waals surface area contributed by atoms with Crippen molar-refractivity contribution >= 4 is 5.95 Å². The lowest BCUT2D eigenvalue weighted by atomic mass is 10.2. The minimum absolute atomic E-state index is 0.693. The van der Waals surface area contributed by atoms with E-state index in [9.17, 15) is 0 Å². The first-order valence-electron chi connectivity index (χ1n) is 7.07. The fourth-order valence-corrected chi connectivity index (χ4v) is 2.04. The van der Waals surface area contributed by atoms with Gasteiger partial charge in [0.1, 0.15) is 5.75 Å². The molecule has 2 rings (SSSR count). The van der Waals surface area contributed by atoms with Gasteiger partial charge >= 0.3 is 0 Å². The second kappa shape index (κ2) is 7.59. The van der Waals surface area contributed by atoms with Gasteiger partial charge in [-0.05, 0) is 37.6 Å². The smallest absolute Gasteiger partial charge is 0.223 e. The van der Waals surface area contributed by atoms with Gasteiger partial charge in [0.25, 0.3) is 0 Å². The van der Waals surface area contributed by atoms with Gasteiger partial charge in [-0.1, -0.05) is 12.1 Å². The number of aromatic nitrogens is 2. The van der Waals surface area contributed by atoms with Crippen LogP contribution in [-0.2, 0) is 6.54 Å². The van der Waals surface area contributed by atoms with Crippen molar-refractivity contribution in [1.82, 2.24) is 15.3 Å². The van der Waals surface area contributed by atoms with Crippen LogP contribution in [0.3, 0.4) is 0 Å². The molecule has 5 heteroatoms. The molecule has 21 heavy (non-hydrogen) atoms. The summed E-state index contributed by atoms with van der Waals surface area (Å²) in [7, 11) is 1.67. The number of nitrogens with one attached hydrogen (secondary N) is 2. The van der Waals surface area contributed by atoms with E-state index in [0.717, 1.165) is 36.8 Å². The normalized spacial score (nSPS) is 10.4. The highest BCUT2D eigenvalue weighted by Crippen LogP contribution is 2.10. The Balaban J connectivity index is 1.69. The third-order valence-corrected chi connectivity index (χ3v) is 3.06. The molecule has 0 aliphatic rings. The monoisotopic (exact) mass is 286 g/mol. The van der Waals surface area contributed by atoms with Gasteiger partial charge in [0.05, 0.1) is 7.11 Å². The fraction of sp³-hybridized carbons (Fsp3) is 0.375. The summed E-state index contributed by atoms with van der Waals surface area (Å²) in [5, 5.41) is 6.61. The Hall–Kier alpha value is -2.14. The van der Waals surface area contributed by atoms with Crippen molar-refractivity contribution in [2.24, 2.45) is 0 Å². The van der Waals surface area contributed by atoms with E-state index in [1.807, 2.05) is 32.0 Å². The number of ether oxygens (including phenoxy) is 1. The molecule has 2 aromatic rings. The standard InChI is InChI=1S/C16H22N4O/c1-12-10-13(2)20-16(19-12)18-9-8-17-11-14-4-6-15(21-3)7-5-14/h4-7,10,17H,8-9,11H2,1-3H3,(H,18,19,20). The van der Waals surface area contributed by atoms with E-state index < -0.39 is 0 Å². The summed E-state index contributed by atoms with van der Waals surface area (Å²) in [6.45, 7) is 6.42. The summed E-state index contributed by atoms with van der Waals surface area (Å²) < 4.78 is 5.14. The van der Waals surface area contributed by atoms with E-state index in [0.29, 0.717) is 5.95 Å². The summed E-state index contributed by atoms with van der Waals surface area (Å²) in [4.78, 5) is 8.69. The quantitative estimate of drug-likeness (QED) is 0.765. The molecule has 0 aliphatic heterocycles. The van der Waals surface area contributed by atoms with Crippen LogP contribution in [-0.4, -0.2) is 30.2 Å². The van der Waals surface area contributed by atoms with E-state index in [1.165, 1.54) is 5.56 Å². The van der Waals surface area contributed by atoms with Gasteiger partial charge in [-0.3, -0.25) is 0 Å². The predicted octanol–water partition coefficient (Wildman–Crippen LogP) is 2.30. The molecule has 112 valence electrons. The number of benzene rings is 1. The molecule has 1 aromatic heterocycles. The molecule has 5 nitrogen and oxygen atoms in total. The first-order valence-corrected chi connectivity index (χ1v) is 7.07. The lowest BCUT2D eigenvalue weighted by Crippen LogP contribution is -2.22. The van der Waals surface area contributed by atoms with Gasteiger partial charge in [0.15, 0.2) is 0 Å². The summed E-state index contributed by atoms with van der Waals surface area (Å²) in [6.07, 6.45) is 0. The lowest BCUT2D eigenvalue weighted by Gasteiger charge is -2.08. The molecule has 0 saturated carbocycles. The van der Waals surface area contributed by atoms with Crippen molar-refractivity contribution in [1.29, 1.82) is 0 Å². The topological polar surface area (TPSA) is 59.1 Å². The molecule has 0 unspecified atom stereocenters. The summed E-state index contributed by atoms with van der Waals surface area (Å²) >= 11 is 0. The number of methoxy groups -OCH3 is 1. The fourth-order valence-electron chi connectivity index (χ4n) is 2.04. The van der Waals surface area contributed by atoms with Gasteiger partial charge in [-0.15, -0.1) is 0 Å². The molecule has 2 N–H and O–H groups in total. The average Bonchev–Trinajstić information content (AvgIpc) is 2.46. The molecule has 0 bridgehead atoms. The van der Waals surface area contributed by atoms with Crippen molar-refractivity contribution in [3.8, 4) is 5.75 Å². The van der Waals surface area contributed by atoms with Crippen LogP contribution in [0, 0.1) is 13.8 Å². The number of rotatable bonds is 7. The van der Waals surface area contributed by atoms with Crippen molar-refractivity contribution in [3.05, 3.63) is 47.3 Å². The van der Waals surface area contributed by atoms with Gasteiger partial charge in [-0.25, -0.2) is 9.97 Å². The Morgan fingerprint density at radius 2 is 1.67 bits per heavy atom. The molecule has 0 aliphatic carbocycles. The molecule has 0 atom stereocenters. The van der Waals surface area contributed by atoms with Crippen LogP contribution in [0.2, 0.25) is 0 Å². The van der Waals surface area contributed by atoms with Crippen LogP contribution >= 0.6 is 0 Å². The number of hydrogen-bond donors (Lipinski definition) is 2. The van der Waals surface area contributed by atoms with E-state index in [4.69, 9.17) is 4.74 Å². The van der Waals surface area contributed by atoms with Crippen LogP contribution in [0.5, 0.6) is 5.75 Å². The zero-order valence-electron chi connectivity index (χ0n) is 12.8. The highest BCUT2D eigenvalue weighted by atomic mass is 16.5. The third kappa shape index (κ3) is 5.04. The minimum atomic E-state index is 0.693. The van der Waals surface area contributed by atoms with Gasteiger partial charge < -0.3 is 15.4 Å². The molecule has 0 radical (unpaired) electrons. The molecule has 1 aromatic carbocycles. The predicted molar refractivity (Wildman–Crippen MR) is 84.7 cm³/mol. The zero-order chi connectivity index (χ0) is 15.1. The van der Waals surface area contributed by atoms with Crippen LogP contribution in [0.15, 0.2) is 30.3 Å². The van der Waals surface area contributed by atoms with Crippen LogP contribution in [0.4, 0.5) is 5.95 Å². The Kier molecular flexibility index (Phi) is 5.51. The van der Waals surface area contributed by atoms with E-state index in [-0.39, 0.29) is 0 Å². The number of nitrogens with zero attached hydrogens (tertiary/aromatic N) is 2. The van der Waals surface area contributed by atoms with E-state index in [1.54, 1.807) is 7.11 Å². The van der Waals surface area contributed by atoms with E-state index >= 15 is 0 Å². The Morgan fingerprint density at radius 3 is 2.29 bits per heavy atom. The van der Waals surface area contributed by atoms with Gasteiger partial charge in [0.2, 0.25) is 5.95 Å². The molecular formula is C16H22N4O. The second-order valence-corrected chi connectivity index (χ2v) is 4.93. The van der Waals surface area contributed by atoms with Gasteiger partial charge in [-0.2, -0.15) is 0 Å². The highest BCUT2D eigenvalue weighted by molar-refractivity contribution is 5.28. The van der Waals surface area contributed by atoms with Crippen LogP contribution < -0.4 is 15.4 Å². The molecule has 0 amide bonds.